The lowest BCUT2D eigenvalue weighted by atomic mass is 10.2. The van der Waals surface area contributed by atoms with Crippen LogP contribution in [0.5, 0.6) is 0 Å². The van der Waals surface area contributed by atoms with Crippen LogP contribution in [0.2, 0.25) is 0 Å². The summed E-state index contributed by atoms with van der Waals surface area (Å²) in [6, 6.07) is 0.170. The van der Waals surface area contributed by atoms with Gasteiger partial charge >= 0.3 is 0 Å². The molecule has 4 nitrogen and oxygen atoms in total. The fraction of sp³-hybridized carbons (Fsp3) is 0.727. The highest BCUT2D eigenvalue weighted by Crippen LogP contribution is 2.16. The monoisotopic (exact) mass is 243 g/mol. The maximum atomic E-state index is 5.91. The predicted octanol–water partition coefficient (Wildman–Crippen LogP) is 1.20. The minimum absolute atomic E-state index is 0.170. The van der Waals surface area contributed by atoms with Crippen LogP contribution in [0.3, 0.4) is 0 Å². The van der Waals surface area contributed by atoms with E-state index in [1.54, 1.807) is 18.4 Å². The number of methoxy groups -OCH3 is 1. The first-order valence-electron chi connectivity index (χ1n) is 5.58. The highest BCUT2D eigenvalue weighted by molar-refractivity contribution is 7.09. The summed E-state index contributed by atoms with van der Waals surface area (Å²) in [6.07, 6.45) is 2.75. The van der Waals surface area contributed by atoms with Crippen LogP contribution in [0, 0.1) is 0 Å². The molecule has 2 unspecified atom stereocenters. The van der Waals surface area contributed by atoms with E-state index in [0.717, 1.165) is 26.1 Å². The van der Waals surface area contributed by atoms with Crippen LogP contribution >= 0.6 is 11.3 Å². The second-order valence-electron chi connectivity index (χ2n) is 3.97. The molecular weight excluding hydrogens is 222 g/mol. The van der Waals surface area contributed by atoms with Crippen molar-refractivity contribution in [3.8, 4) is 0 Å². The Hall–Kier alpha value is -0.490. The summed E-state index contributed by atoms with van der Waals surface area (Å²) >= 11 is 1.70. The standard InChI is InChI=1S/C11H21N3OS/c1-9(11-14-4-6-16-11)7-13-8-10(12)3-5-15-2/h4,6,9-10,13H,3,5,7-8,12H2,1-2H3. The number of hydrogen-bond donors (Lipinski definition) is 2. The molecule has 0 aliphatic heterocycles. The highest BCUT2D eigenvalue weighted by atomic mass is 32.1. The summed E-state index contributed by atoms with van der Waals surface area (Å²) in [6.45, 7) is 4.66. The van der Waals surface area contributed by atoms with E-state index in [1.807, 2.05) is 11.6 Å². The van der Waals surface area contributed by atoms with Crippen molar-refractivity contribution in [2.45, 2.75) is 25.3 Å². The van der Waals surface area contributed by atoms with E-state index in [-0.39, 0.29) is 6.04 Å². The highest BCUT2D eigenvalue weighted by Gasteiger charge is 2.08. The van der Waals surface area contributed by atoms with Crippen LogP contribution in [0.1, 0.15) is 24.3 Å². The Morgan fingerprint density at radius 2 is 2.38 bits per heavy atom. The zero-order valence-corrected chi connectivity index (χ0v) is 10.8. The molecule has 2 atom stereocenters. The molecule has 0 radical (unpaired) electrons. The lowest BCUT2D eigenvalue weighted by Gasteiger charge is -2.14. The molecule has 0 aliphatic carbocycles. The molecule has 0 aliphatic rings. The van der Waals surface area contributed by atoms with Crippen molar-refractivity contribution in [2.75, 3.05) is 26.8 Å². The van der Waals surface area contributed by atoms with Crippen molar-refractivity contribution in [3.05, 3.63) is 16.6 Å². The molecule has 0 spiro atoms. The van der Waals surface area contributed by atoms with Crippen LogP contribution in [0.25, 0.3) is 0 Å². The van der Waals surface area contributed by atoms with E-state index in [9.17, 15) is 0 Å². The average Bonchev–Trinajstić information content (AvgIpc) is 2.79. The normalized spacial score (nSPS) is 14.9. The van der Waals surface area contributed by atoms with Crippen LogP contribution in [0.4, 0.5) is 0 Å². The number of nitrogens with two attached hydrogens (primary N) is 1. The summed E-state index contributed by atoms with van der Waals surface area (Å²) < 4.78 is 4.98. The van der Waals surface area contributed by atoms with Crippen molar-refractivity contribution in [1.29, 1.82) is 0 Å². The van der Waals surface area contributed by atoms with Crippen molar-refractivity contribution >= 4 is 11.3 Å². The Kier molecular flexibility index (Phi) is 6.56. The van der Waals surface area contributed by atoms with E-state index >= 15 is 0 Å². The average molecular weight is 243 g/mol. The molecule has 1 rings (SSSR count). The minimum atomic E-state index is 0.170. The lowest BCUT2D eigenvalue weighted by molar-refractivity contribution is 0.187. The number of nitrogens with zero attached hydrogens (tertiary/aromatic N) is 1. The Balaban J connectivity index is 2.11. The van der Waals surface area contributed by atoms with Crippen molar-refractivity contribution in [1.82, 2.24) is 10.3 Å². The third kappa shape index (κ3) is 5.03. The van der Waals surface area contributed by atoms with Gasteiger partial charge < -0.3 is 15.8 Å². The Morgan fingerprint density at radius 3 is 3.00 bits per heavy atom. The summed E-state index contributed by atoms with van der Waals surface area (Å²) in [4.78, 5) is 4.29. The molecule has 5 heteroatoms. The van der Waals surface area contributed by atoms with E-state index in [2.05, 4.69) is 17.2 Å². The number of aromatic nitrogens is 1. The van der Waals surface area contributed by atoms with Crippen molar-refractivity contribution in [3.63, 3.8) is 0 Å². The maximum absolute atomic E-state index is 5.91. The molecule has 0 aromatic carbocycles. The third-order valence-electron chi connectivity index (χ3n) is 2.42. The van der Waals surface area contributed by atoms with Gasteiger partial charge in [-0.05, 0) is 6.42 Å². The molecule has 0 fully saturated rings. The molecule has 1 heterocycles. The number of ether oxygens (including phenoxy) is 1. The minimum Gasteiger partial charge on any atom is -0.385 e. The maximum Gasteiger partial charge on any atom is 0.0965 e. The molecule has 1 aromatic rings. The summed E-state index contributed by atoms with van der Waals surface area (Å²) in [5.74, 6) is 0.453. The van der Waals surface area contributed by atoms with E-state index in [1.165, 1.54) is 5.01 Å². The molecule has 16 heavy (non-hydrogen) atoms. The molecular formula is C11H21N3OS. The second-order valence-corrected chi connectivity index (χ2v) is 4.90. The second kappa shape index (κ2) is 7.73. The fourth-order valence-electron chi connectivity index (χ4n) is 1.42. The molecule has 0 saturated heterocycles. The summed E-state index contributed by atoms with van der Waals surface area (Å²) in [5.41, 5.74) is 5.91. The lowest BCUT2D eigenvalue weighted by Crippen LogP contribution is -2.36. The Labute approximate surface area is 101 Å². The zero-order valence-electron chi connectivity index (χ0n) is 9.98. The SMILES string of the molecule is COCCC(N)CNCC(C)c1nccs1. The van der Waals surface area contributed by atoms with Crippen LogP contribution in [-0.4, -0.2) is 37.8 Å². The smallest absolute Gasteiger partial charge is 0.0965 e. The van der Waals surface area contributed by atoms with Crippen LogP contribution in [0.15, 0.2) is 11.6 Å². The van der Waals surface area contributed by atoms with Gasteiger partial charge in [-0.25, -0.2) is 4.98 Å². The quantitative estimate of drug-likeness (QED) is 0.720. The van der Waals surface area contributed by atoms with Gasteiger partial charge in [0.2, 0.25) is 0 Å². The van der Waals surface area contributed by atoms with Gasteiger partial charge in [-0.3, -0.25) is 0 Å². The van der Waals surface area contributed by atoms with Gasteiger partial charge in [0.25, 0.3) is 0 Å². The first-order chi connectivity index (χ1) is 7.74. The number of nitrogens with one attached hydrogen (secondary N) is 1. The van der Waals surface area contributed by atoms with Gasteiger partial charge in [-0.1, -0.05) is 6.92 Å². The molecule has 1 aromatic heterocycles. The molecule has 0 saturated carbocycles. The van der Waals surface area contributed by atoms with Crippen molar-refractivity contribution < 1.29 is 4.74 Å². The zero-order chi connectivity index (χ0) is 11.8. The molecule has 0 amide bonds. The molecule has 92 valence electrons. The topological polar surface area (TPSA) is 60.2 Å². The Bertz CT molecular complexity index is 266. The largest absolute Gasteiger partial charge is 0.385 e. The van der Waals surface area contributed by atoms with Gasteiger partial charge in [-0.2, -0.15) is 0 Å². The van der Waals surface area contributed by atoms with Crippen molar-refractivity contribution in [2.24, 2.45) is 5.73 Å². The Morgan fingerprint density at radius 1 is 1.56 bits per heavy atom. The molecule has 3 N–H and O–H groups in total. The first kappa shape index (κ1) is 13.6. The summed E-state index contributed by atoms with van der Waals surface area (Å²) in [5, 5.41) is 6.56. The van der Waals surface area contributed by atoms with Gasteiger partial charge in [-0.15, -0.1) is 11.3 Å². The van der Waals surface area contributed by atoms with E-state index in [4.69, 9.17) is 10.5 Å². The number of hydrogen-bond acceptors (Lipinski definition) is 5. The van der Waals surface area contributed by atoms with Gasteiger partial charge in [0.05, 0.1) is 5.01 Å². The van der Waals surface area contributed by atoms with Gasteiger partial charge in [0, 0.05) is 50.3 Å². The van der Waals surface area contributed by atoms with Gasteiger partial charge in [0.15, 0.2) is 0 Å². The predicted molar refractivity (Wildman–Crippen MR) is 67.9 cm³/mol. The fourth-order valence-corrected chi connectivity index (χ4v) is 2.12. The van der Waals surface area contributed by atoms with E-state index < -0.39 is 0 Å². The number of rotatable bonds is 8. The van der Waals surface area contributed by atoms with Gasteiger partial charge in [0.1, 0.15) is 0 Å². The van der Waals surface area contributed by atoms with Crippen LogP contribution in [-0.2, 0) is 4.74 Å². The first-order valence-corrected chi connectivity index (χ1v) is 6.46. The van der Waals surface area contributed by atoms with Crippen LogP contribution < -0.4 is 11.1 Å². The molecule has 0 bridgehead atoms. The summed E-state index contributed by atoms with van der Waals surface area (Å²) in [7, 11) is 1.70. The van der Waals surface area contributed by atoms with E-state index in [0.29, 0.717) is 5.92 Å². The number of thiazole rings is 1. The third-order valence-corrected chi connectivity index (χ3v) is 3.43.